The molecule has 0 atom stereocenters. The molecule has 74 valence electrons. The number of hydrogen-bond donors (Lipinski definition) is 1. The number of nitrogens with zero attached hydrogens (tertiary/aromatic N) is 1. The molecule has 0 fully saturated rings. The fourth-order valence-electron chi connectivity index (χ4n) is 0.972. The van der Waals surface area contributed by atoms with Gasteiger partial charge < -0.3 is 4.74 Å². The van der Waals surface area contributed by atoms with Crippen LogP contribution in [0.5, 0.6) is 5.75 Å². The maximum Gasteiger partial charge on any atom is 0.433 e. The average molecular weight is 192 g/mol. The Morgan fingerprint density at radius 2 is 2.14 bits per heavy atom. The minimum Gasteiger partial charge on any atom is -0.409 e. The fourth-order valence-corrected chi connectivity index (χ4v) is 0.972. The molecule has 0 saturated heterocycles. The Kier molecular flexibility index (Phi) is 3.23. The second-order valence-electron chi connectivity index (χ2n) is 2.91. The standard InChI is InChI=1S/C10H12N2O2/c1-7-4-5-9(6-8(7)2)14-10(13)12-11-3/h4-6H,3H2,1-2H3,(H,12,13). The van der Waals surface area contributed by atoms with E-state index in [9.17, 15) is 4.79 Å². The molecule has 4 nitrogen and oxygen atoms in total. The first-order valence-electron chi connectivity index (χ1n) is 4.14. The number of hydrogen-bond acceptors (Lipinski definition) is 3. The van der Waals surface area contributed by atoms with Gasteiger partial charge in [-0.3, -0.25) is 0 Å². The van der Waals surface area contributed by atoms with Gasteiger partial charge in [0.25, 0.3) is 0 Å². The van der Waals surface area contributed by atoms with Crippen molar-refractivity contribution in [3.8, 4) is 5.75 Å². The van der Waals surface area contributed by atoms with E-state index in [2.05, 4.69) is 17.2 Å². The zero-order valence-corrected chi connectivity index (χ0v) is 8.20. The van der Waals surface area contributed by atoms with E-state index < -0.39 is 6.09 Å². The van der Waals surface area contributed by atoms with Crippen molar-refractivity contribution < 1.29 is 9.53 Å². The topological polar surface area (TPSA) is 50.7 Å². The zero-order valence-electron chi connectivity index (χ0n) is 8.20. The summed E-state index contributed by atoms with van der Waals surface area (Å²) in [5, 5.41) is 3.20. The molecule has 0 aliphatic rings. The summed E-state index contributed by atoms with van der Waals surface area (Å²) in [6.45, 7) is 7.05. The number of rotatable bonds is 2. The summed E-state index contributed by atoms with van der Waals surface area (Å²) in [6.07, 6.45) is -0.636. The van der Waals surface area contributed by atoms with E-state index in [1.807, 2.05) is 19.9 Å². The smallest absolute Gasteiger partial charge is 0.409 e. The third kappa shape index (κ3) is 2.58. The van der Waals surface area contributed by atoms with Crippen LogP contribution in [0.4, 0.5) is 4.79 Å². The molecule has 0 radical (unpaired) electrons. The van der Waals surface area contributed by atoms with Crippen molar-refractivity contribution in [1.29, 1.82) is 0 Å². The highest BCUT2D eigenvalue weighted by Gasteiger charge is 2.02. The maximum atomic E-state index is 10.9. The van der Waals surface area contributed by atoms with Crippen LogP contribution in [0.3, 0.4) is 0 Å². The minimum atomic E-state index is -0.636. The third-order valence-corrected chi connectivity index (χ3v) is 1.86. The molecule has 0 heterocycles. The largest absolute Gasteiger partial charge is 0.433 e. The van der Waals surface area contributed by atoms with E-state index in [0.29, 0.717) is 5.75 Å². The van der Waals surface area contributed by atoms with Crippen LogP contribution in [0, 0.1) is 13.8 Å². The quantitative estimate of drug-likeness (QED) is 0.575. The van der Waals surface area contributed by atoms with Crippen molar-refractivity contribution in [3.05, 3.63) is 29.3 Å². The van der Waals surface area contributed by atoms with Crippen LogP contribution in [0.15, 0.2) is 23.3 Å². The van der Waals surface area contributed by atoms with E-state index in [1.165, 1.54) is 0 Å². The molecule has 0 aliphatic carbocycles. The number of ether oxygens (including phenoxy) is 1. The van der Waals surface area contributed by atoms with Crippen molar-refractivity contribution in [3.63, 3.8) is 0 Å². The van der Waals surface area contributed by atoms with Crippen molar-refractivity contribution >= 4 is 12.8 Å². The second-order valence-corrected chi connectivity index (χ2v) is 2.91. The molecule has 1 amide bonds. The van der Waals surface area contributed by atoms with Gasteiger partial charge in [-0.05, 0) is 37.1 Å². The van der Waals surface area contributed by atoms with Crippen LogP contribution < -0.4 is 10.2 Å². The molecule has 1 aromatic carbocycles. The van der Waals surface area contributed by atoms with Crippen LogP contribution in [0.25, 0.3) is 0 Å². The molecule has 1 N–H and O–H groups in total. The van der Waals surface area contributed by atoms with Crippen molar-refractivity contribution in [2.45, 2.75) is 13.8 Å². The number of carbonyl (C=O) groups is 1. The van der Waals surface area contributed by atoms with Gasteiger partial charge in [0.15, 0.2) is 0 Å². The first-order valence-corrected chi connectivity index (χ1v) is 4.14. The predicted molar refractivity (Wildman–Crippen MR) is 54.6 cm³/mol. The molecule has 14 heavy (non-hydrogen) atoms. The van der Waals surface area contributed by atoms with Crippen LogP contribution in [0.2, 0.25) is 0 Å². The SMILES string of the molecule is C=NNC(=O)Oc1ccc(C)c(C)c1. The van der Waals surface area contributed by atoms with Gasteiger partial charge in [0.05, 0.1) is 0 Å². The van der Waals surface area contributed by atoms with Crippen LogP contribution in [0.1, 0.15) is 11.1 Å². The number of carbonyl (C=O) groups excluding carboxylic acids is 1. The highest BCUT2D eigenvalue weighted by Crippen LogP contribution is 2.16. The van der Waals surface area contributed by atoms with Gasteiger partial charge in [-0.25, -0.2) is 10.2 Å². The number of hydrazone groups is 1. The Labute approximate surface area is 82.6 Å². The van der Waals surface area contributed by atoms with Gasteiger partial charge in [0.1, 0.15) is 5.75 Å². The Bertz CT molecular complexity index is 361. The summed E-state index contributed by atoms with van der Waals surface area (Å²) < 4.78 is 4.91. The summed E-state index contributed by atoms with van der Waals surface area (Å²) in [5.41, 5.74) is 4.30. The van der Waals surface area contributed by atoms with Gasteiger partial charge in [-0.15, -0.1) is 0 Å². The maximum absolute atomic E-state index is 10.9. The first kappa shape index (κ1) is 10.2. The lowest BCUT2D eigenvalue weighted by Gasteiger charge is -2.05. The number of aryl methyl sites for hydroxylation is 2. The number of amides is 1. The van der Waals surface area contributed by atoms with Gasteiger partial charge in [-0.1, -0.05) is 6.07 Å². The molecular formula is C10H12N2O2. The lowest BCUT2D eigenvalue weighted by atomic mass is 10.1. The summed E-state index contributed by atoms with van der Waals surface area (Å²) >= 11 is 0. The van der Waals surface area contributed by atoms with Crippen LogP contribution in [-0.2, 0) is 0 Å². The van der Waals surface area contributed by atoms with Gasteiger partial charge >= 0.3 is 6.09 Å². The highest BCUT2D eigenvalue weighted by atomic mass is 16.6. The molecule has 0 unspecified atom stereocenters. The average Bonchev–Trinajstić information content (AvgIpc) is 2.12. The molecular weight excluding hydrogens is 180 g/mol. The van der Waals surface area contributed by atoms with Gasteiger partial charge in [0, 0.05) is 6.72 Å². The molecule has 0 aliphatic heterocycles. The number of nitrogens with one attached hydrogen (secondary N) is 1. The summed E-state index contributed by atoms with van der Waals surface area (Å²) in [7, 11) is 0. The molecule has 4 heteroatoms. The number of benzene rings is 1. The van der Waals surface area contributed by atoms with E-state index >= 15 is 0 Å². The Morgan fingerprint density at radius 3 is 2.71 bits per heavy atom. The summed E-state index contributed by atoms with van der Waals surface area (Å²) in [4.78, 5) is 10.9. The van der Waals surface area contributed by atoms with Crippen LogP contribution in [-0.4, -0.2) is 12.8 Å². The molecule has 0 aromatic heterocycles. The summed E-state index contributed by atoms with van der Waals surface area (Å²) in [5.74, 6) is 0.495. The van der Waals surface area contributed by atoms with Crippen molar-refractivity contribution in [2.75, 3.05) is 0 Å². The lowest BCUT2D eigenvalue weighted by molar-refractivity contribution is 0.201. The summed E-state index contributed by atoms with van der Waals surface area (Å²) in [6, 6.07) is 5.41. The van der Waals surface area contributed by atoms with Gasteiger partial charge in [-0.2, -0.15) is 5.10 Å². The van der Waals surface area contributed by atoms with E-state index in [4.69, 9.17) is 4.74 Å². The Morgan fingerprint density at radius 1 is 1.43 bits per heavy atom. The second kappa shape index (κ2) is 4.41. The molecule has 1 rings (SSSR count). The van der Waals surface area contributed by atoms with Gasteiger partial charge in [0.2, 0.25) is 0 Å². The van der Waals surface area contributed by atoms with Crippen molar-refractivity contribution in [1.82, 2.24) is 5.43 Å². The predicted octanol–water partition coefficient (Wildman–Crippen LogP) is 2.01. The fraction of sp³-hybridized carbons (Fsp3) is 0.200. The monoisotopic (exact) mass is 192 g/mol. The van der Waals surface area contributed by atoms with E-state index in [0.717, 1.165) is 11.1 Å². The minimum absolute atomic E-state index is 0.495. The van der Waals surface area contributed by atoms with Crippen LogP contribution >= 0.6 is 0 Å². The highest BCUT2D eigenvalue weighted by molar-refractivity contribution is 5.70. The van der Waals surface area contributed by atoms with E-state index in [-0.39, 0.29) is 0 Å². The molecule has 0 saturated carbocycles. The zero-order chi connectivity index (χ0) is 10.6. The van der Waals surface area contributed by atoms with Crippen molar-refractivity contribution in [2.24, 2.45) is 5.10 Å². The third-order valence-electron chi connectivity index (χ3n) is 1.86. The first-order chi connectivity index (χ1) is 6.63. The molecule has 0 spiro atoms. The lowest BCUT2D eigenvalue weighted by Crippen LogP contribution is -2.21. The Balaban J connectivity index is 2.72. The van der Waals surface area contributed by atoms with E-state index in [1.54, 1.807) is 12.1 Å². The molecule has 1 aromatic rings. The molecule has 0 bridgehead atoms. The normalized spacial score (nSPS) is 9.29. The Hall–Kier alpha value is -1.84.